The molecule has 154 valence electrons. The molecule has 1 aliphatic carbocycles. The van der Waals surface area contributed by atoms with Crippen LogP contribution in [0.15, 0.2) is 53.2 Å². The van der Waals surface area contributed by atoms with Crippen molar-refractivity contribution in [3.05, 3.63) is 64.9 Å². The van der Waals surface area contributed by atoms with Crippen LogP contribution >= 0.6 is 0 Å². The summed E-state index contributed by atoms with van der Waals surface area (Å²) in [7, 11) is 0. The Bertz CT molecular complexity index is 1010. The van der Waals surface area contributed by atoms with Gasteiger partial charge in [0.25, 0.3) is 0 Å². The van der Waals surface area contributed by atoms with Gasteiger partial charge in [-0.2, -0.15) is 0 Å². The van der Waals surface area contributed by atoms with Gasteiger partial charge in [0.2, 0.25) is 12.7 Å². The number of aliphatic imine (C=N–C) groups is 1. The van der Waals surface area contributed by atoms with Crippen molar-refractivity contribution in [3.8, 4) is 11.5 Å². The lowest BCUT2D eigenvalue weighted by Crippen LogP contribution is -2.13. The number of fused-ring (bicyclic) bond motifs is 1. The molecule has 0 unspecified atom stereocenters. The average Bonchev–Trinajstić information content (AvgIpc) is 3.40. The normalized spacial score (nSPS) is 24.1. The Labute approximate surface area is 176 Å². The summed E-state index contributed by atoms with van der Waals surface area (Å²) in [5.41, 5.74) is 3.29. The average molecular weight is 403 g/mol. The first-order valence-corrected chi connectivity index (χ1v) is 10.7. The van der Waals surface area contributed by atoms with E-state index in [1.807, 2.05) is 30.3 Å². The second-order valence-corrected chi connectivity index (χ2v) is 8.20. The number of carbonyl (C=O) groups is 1. The minimum absolute atomic E-state index is 0.218. The van der Waals surface area contributed by atoms with E-state index in [0.717, 1.165) is 17.0 Å². The van der Waals surface area contributed by atoms with Gasteiger partial charge in [-0.1, -0.05) is 31.5 Å². The van der Waals surface area contributed by atoms with Crippen LogP contribution in [0.25, 0.3) is 6.08 Å². The van der Waals surface area contributed by atoms with Crippen molar-refractivity contribution in [1.29, 1.82) is 0 Å². The van der Waals surface area contributed by atoms with Crippen molar-refractivity contribution in [2.45, 2.75) is 44.9 Å². The largest absolute Gasteiger partial charge is 0.454 e. The van der Waals surface area contributed by atoms with E-state index in [1.165, 1.54) is 37.7 Å². The van der Waals surface area contributed by atoms with Gasteiger partial charge in [0.1, 0.15) is 0 Å². The van der Waals surface area contributed by atoms with Crippen molar-refractivity contribution in [2.24, 2.45) is 10.9 Å². The molecule has 5 heteroatoms. The van der Waals surface area contributed by atoms with Crippen molar-refractivity contribution >= 4 is 17.9 Å². The van der Waals surface area contributed by atoms with Gasteiger partial charge >= 0.3 is 5.97 Å². The monoisotopic (exact) mass is 403 g/mol. The number of rotatable bonds is 4. The molecule has 5 rings (SSSR count). The molecule has 3 aliphatic rings. The van der Waals surface area contributed by atoms with Gasteiger partial charge in [-0.05, 0) is 79.0 Å². The van der Waals surface area contributed by atoms with E-state index in [9.17, 15) is 4.79 Å². The standard InChI is InChI=1S/C25H25NO4/c1-2-16-3-6-18(7-4-16)19-8-10-20(11-9-19)24-26-21(25(27)30-24)13-17-5-12-22-23(14-17)29-15-28-22/h5,8-14,16,18H,2-4,6-7,15H2,1H3. The molecule has 1 fully saturated rings. The fourth-order valence-electron chi connectivity index (χ4n) is 4.50. The Hall–Kier alpha value is -3.08. The third-order valence-corrected chi connectivity index (χ3v) is 6.37. The molecule has 0 spiro atoms. The summed E-state index contributed by atoms with van der Waals surface area (Å²) in [5.74, 6) is 2.82. The van der Waals surface area contributed by atoms with Crippen LogP contribution in [0.2, 0.25) is 0 Å². The number of hydrogen-bond donors (Lipinski definition) is 0. The smallest absolute Gasteiger partial charge is 0.363 e. The number of benzene rings is 2. The molecule has 2 aliphatic heterocycles. The minimum atomic E-state index is -0.440. The molecular weight excluding hydrogens is 378 g/mol. The first-order chi connectivity index (χ1) is 14.7. The fraction of sp³-hybridized carbons (Fsp3) is 0.360. The van der Waals surface area contributed by atoms with E-state index in [-0.39, 0.29) is 12.5 Å². The Morgan fingerprint density at radius 3 is 2.53 bits per heavy atom. The molecule has 2 aromatic rings. The van der Waals surface area contributed by atoms with Crippen molar-refractivity contribution in [3.63, 3.8) is 0 Å². The lowest BCUT2D eigenvalue weighted by Gasteiger charge is -2.28. The second-order valence-electron chi connectivity index (χ2n) is 8.20. The van der Waals surface area contributed by atoms with Crippen molar-refractivity contribution in [2.75, 3.05) is 6.79 Å². The molecule has 0 radical (unpaired) electrons. The minimum Gasteiger partial charge on any atom is -0.454 e. The molecule has 30 heavy (non-hydrogen) atoms. The Balaban J connectivity index is 1.32. The number of nitrogens with zero attached hydrogens (tertiary/aromatic N) is 1. The van der Waals surface area contributed by atoms with E-state index in [1.54, 1.807) is 6.08 Å². The zero-order valence-electron chi connectivity index (χ0n) is 17.1. The number of hydrogen-bond acceptors (Lipinski definition) is 5. The van der Waals surface area contributed by atoms with Gasteiger partial charge < -0.3 is 14.2 Å². The topological polar surface area (TPSA) is 57.1 Å². The van der Waals surface area contributed by atoms with Crippen molar-refractivity contribution in [1.82, 2.24) is 0 Å². The maximum absolute atomic E-state index is 12.3. The molecule has 5 nitrogen and oxygen atoms in total. The van der Waals surface area contributed by atoms with Crippen LogP contribution in [0, 0.1) is 5.92 Å². The maximum Gasteiger partial charge on any atom is 0.363 e. The molecule has 1 saturated carbocycles. The number of esters is 1. The summed E-state index contributed by atoms with van der Waals surface area (Å²) in [6.45, 7) is 2.51. The van der Waals surface area contributed by atoms with E-state index in [0.29, 0.717) is 23.3 Å². The van der Waals surface area contributed by atoms with Crippen LogP contribution < -0.4 is 9.47 Å². The highest BCUT2D eigenvalue weighted by Crippen LogP contribution is 2.37. The van der Waals surface area contributed by atoms with Crippen LogP contribution in [0.4, 0.5) is 0 Å². The Morgan fingerprint density at radius 2 is 1.77 bits per heavy atom. The highest BCUT2D eigenvalue weighted by atomic mass is 16.7. The summed E-state index contributed by atoms with van der Waals surface area (Å²) >= 11 is 0. The highest BCUT2D eigenvalue weighted by Gasteiger charge is 2.25. The summed E-state index contributed by atoms with van der Waals surface area (Å²) in [6.07, 6.45) is 8.16. The molecular formula is C25H25NO4. The summed E-state index contributed by atoms with van der Waals surface area (Å²) in [6, 6.07) is 13.9. The molecule has 2 aromatic carbocycles. The molecule has 2 heterocycles. The first kappa shape index (κ1) is 18.9. The van der Waals surface area contributed by atoms with Gasteiger partial charge in [0.15, 0.2) is 17.2 Å². The predicted octanol–water partition coefficient (Wildman–Crippen LogP) is 5.44. The number of cyclic esters (lactones) is 1. The molecule has 0 atom stereocenters. The van der Waals surface area contributed by atoms with Crippen LogP contribution in [0.1, 0.15) is 61.6 Å². The SMILES string of the molecule is CCC1CCC(c2ccc(C3=NC(=Cc4ccc5c(c4)OCO5)C(=O)O3)cc2)CC1. The van der Waals surface area contributed by atoms with E-state index in [4.69, 9.17) is 14.2 Å². The van der Waals surface area contributed by atoms with Gasteiger partial charge in [-0.25, -0.2) is 9.79 Å². The second kappa shape index (κ2) is 7.98. The Morgan fingerprint density at radius 1 is 1.00 bits per heavy atom. The third kappa shape index (κ3) is 3.72. The molecule has 0 aromatic heterocycles. The summed E-state index contributed by atoms with van der Waals surface area (Å²) < 4.78 is 16.1. The summed E-state index contributed by atoms with van der Waals surface area (Å²) in [4.78, 5) is 16.7. The van der Waals surface area contributed by atoms with Gasteiger partial charge in [0, 0.05) is 5.56 Å². The zero-order valence-corrected chi connectivity index (χ0v) is 17.1. The number of carbonyl (C=O) groups excluding carboxylic acids is 1. The van der Waals surface area contributed by atoms with Gasteiger partial charge in [-0.3, -0.25) is 0 Å². The van der Waals surface area contributed by atoms with E-state index < -0.39 is 5.97 Å². The van der Waals surface area contributed by atoms with Crippen LogP contribution in [-0.4, -0.2) is 18.7 Å². The van der Waals surface area contributed by atoms with Crippen LogP contribution in [0.3, 0.4) is 0 Å². The van der Waals surface area contributed by atoms with Crippen molar-refractivity contribution < 1.29 is 19.0 Å². The lowest BCUT2D eigenvalue weighted by atomic mass is 9.78. The molecule has 0 bridgehead atoms. The van der Waals surface area contributed by atoms with E-state index in [2.05, 4.69) is 24.0 Å². The Kier molecular flexibility index (Phi) is 5.03. The van der Waals surface area contributed by atoms with Crippen LogP contribution in [-0.2, 0) is 9.53 Å². The third-order valence-electron chi connectivity index (χ3n) is 6.37. The molecule has 0 amide bonds. The summed E-state index contributed by atoms with van der Waals surface area (Å²) in [5, 5.41) is 0. The maximum atomic E-state index is 12.3. The number of ether oxygens (including phenoxy) is 3. The quantitative estimate of drug-likeness (QED) is 0.504. The first-order valence-electron chi connectivity index (χ1n) is 10.7. The lowest BCUT2D eigenvalue weighted by molar-refractivity contribution is -0.129. The predicted molar refractivity (Wildman–Crippen MR) is 115 cm³/mol. The zero-order chi connectivity index (χ0) is 20.5. The fourth-order valence-corrected chi connectivity index (χ4v) is 4.50. The molecule has 0 N–H and O–H groups in total. The highest BCUT2D eigenvalue weighted by molar-refractivity contribution is 6.12. The van der Waals surface area contributed by atoms with E-state index >= 15 is 0 Å². The van der Waals surface area contributed by atoms with Crippen LogP contribution in [0.5, 0.6) is 11.5 Å². The van der Waals surface area contributed by atoms with Gasteiger partial charge in [-0.15, -0.1) is 0 Å². The molecule has 0 saturated heterocycles. The van der Waals surface area contributed by atoms with Gasteiger partial charge in [0.05, 0.1) is 0 Å².